The molecule has 84 valence electrons. The summed E-state index contributed by atoms with van der Waals surface area (Å²) in [7, 11) is 0. The van der Waals surface area contributed by atoms with Crippen LogP contribution in [-0.2, 0) is 5.54 Å². The molecule has 0 amide bonds. The van der Waals surface area contributed by atoms with Gasteiger partial charge in [0, 0.05) is 17.1 Å². The maximum absolute atomic E-state index is 4.64. The van der Waals surface area contributed by atoms with E-state index in [2.05, 4.69) is 43.4 Å². The van der Waals surface area contributed by atoms with Gasteiger partial charge in [-0.1, -0.05) is 13.8 Å². The van der Waals surface area contributed by atoms with E-state index in [-0.39, 0.29) is 5.54 Å². The Hall–Kier alpha value is -0.410. The molecule has 1 aromatic rings. The maximum atomic E-state index is 4.64. The van der Waals surface area contributed by atoms with E-state index >= 15 is 0 Å². The van der Waals surface area contributed by atoms with E-state index in [9.17, 15) is 0 Å². The average Bonchev–Trinajstić information content (AvgIpc) is 2.85. The Morgan fingerprint density at radius 1 is 1.53 bits per heavy atom. The van der Waals surface area contributed by atoms with Gasteiger partial charge in [0.2, 0.25) is 0 Å². The number of rotatable bonds is 4. The van der Waals surface area contributed by atoms with Gasteiger partial charge in [-0.15, -0.1) is 11.3 Å². The van der Waals surface area contributed by atoms with Crippen LogP contribution in [0.15, 0.2) is 5.38 Å². The molecule has 1 atom stereocenters. The van der Waals surface area contributed by atoms with E-state index in [1.54, 1.807) is 11.3 Å². The summed E-state index contributed by atoms with van der Waals surface area (Å²) in [6.07, 6.45) is 2.65. The zero-order chi connectivity index (χ0) is 11.1. The van der Waals surface area contributed by atoms with Gasteiger partial charge >= 0.3 is 0 Å². The molecule has 1 heterocycles. The van der Waals surface area contributed by atoms with Crippen LogP contribution in [0.3, 0.4) is 0 Å². The van der Waals surface area contributed by atoms with Gasteiger partial charge in [-0.3, -0.25) is 0 Å². The summed E-state index contributed by atoms with van der Waals surface area (Å²) >= 11 is 1.78. The Bertz CT molecular complexity index is 341. The quantitative estimate of drug-likeness (QED) is 0.850. The summed E-state index contributed by atoms with van der Waals surface area (Å²) in [4.78, 5) is 4.64. The summed E-state index contributed by atoms with van der Waals surface area (Å²) in [5.41, 5.74) is 1.19. The molecule has 1 aliphatic carbocycles. The molecule has 0 saturated heterocycles. The highest BCUT2D eigenvalue weighted by atomic mass is 32.1. The van der Waals surface area contributed by atoms with Crippen LogP contribution in [-0.4, -0.2) is 11.0 Å². The number of hydrogen-bond acceptors (Lipinski definition) is 3. The number of aryl methyl sites for hydroxylation is 1. The lowest BCUT2D eigenvalue weighted by Gasteiger charge is -2.33. The van der Waals surface area contributed by atoms with Crippen molar-refractivity contribution >= 4 is 11.3 Å². The molecular formula is C12H20N2S. The lowest BCUT2D eigenvalue weighted by atomic mass is 9.89. The zero-order valence-electron chi connectivity index (χ0n) is 10.0. The van der Waals surface area contributed by atoms with Crippen LogP contribution in [0.1, 0.15) is 44.3 Å². The molecule has 0 aromatic carbocycles. The fourth-order valence-electron chi connectivity index (χ4n) is 1.72. The summed E-state index contributed by atoms with van der Waals surface area (Å²) in [5, 5.41) is 7.13. The molecular weight excluding hydrogens is 204 g/mol. The first-order valence-electron chi connectivity index (χ1n) is 5.72. The predicted octanol–water partition coefficient (Wildman–Crippen LogP) is 3.07. The highest BCUT2D eigenvalue weighted by Crippen LogP contribution is 2.35. The van der Waals surface area contributed by atoms with Gasteiger partial charge < -0.3 is 5.32 Å². The third-order valence-corrected chi connectivity index (χ3v) is 4.50. The van der Waals surface area contributed by atoms with Crippen molar-refractivity contribution in [3.8, 4) is 0 Å². The van der Waals surface area contributed by atoms with Crippen molar-refractivity contribution in [2.45, 2.75) is 52.1 Å². The SMILES string of the molecule is Cc1csc(C(C)(NC2CC2)C(C)C)n1. The van der Waals surface area contributed by atoms with Gasteiger partial charge in [0.15, 0.2) is 0 Å². The molecule has 2 rings (SSSR count). The van der Waals surface area contributed by atoms with Crippen LogP contribution in [0.4, 0.5) is 0 Å². The predicted molar refractivity (Wildman–Crippen MR) is 65.2 cm³/mol. The van der Waals surface area contributed by atoms with Crippen molar-refractivity contribution in [2.24, 2.45) is 5.92 Å². The minimum atomic E-state index is 0.0556. The van der Waals surface area contributed by atoms with E-state index < -0.39 is 0 Å². The molecule has 1 aromatic heterocycles. The molecule has 0 spiro atoms. The molecule has 15 heavy (non-hydrogen) atoms. The normalized spacial score (nSPS) is 20.6. The Morgan fingerprint density at radius 2 is 2.20 bits per heavy atom. The molecule has 3 heteroatoms. The molecule has 1 aliphatic rings. The molecule has 1 N–H and O–H groups in total. The minimum Gasteiger partial charge on any atom is -0.303 e. The van der Waals surface area contributed by atoms with Crippen LogP contribution in [0.25, 0.3) is 0 Å². The van der Waals surface area contributed by atoms with Crippen molar-refractivity contribution in [1.82, 2.24) is 10.3 Å². The number of nitrogens with one attached hydrogen (secondary N) is 1. The van der Waals surface area contributed by atoms with Gasteiger partial charge in [-0.05, 0) is 32.6 Å². The second-order valence-electron chi connectivity index (χ2n) is 5.07. The number of hydrogen-bond donors (Lipinski definition) is 1. The van der Waals surface area contributed by atoms with Crippen molar-refractivity contribution in [1.29, 1.82) is 0 Å². The molecule has 1 fully saturated rings. The first-order chi connectivity index (χ1) is 7.02. The fourth-order valence-corrected chi connectivity index (χ4v) is 2.79. The lowest BCUT2D eigenvalue weighted by molar-refractivity contribution is 0.261. The molecule has 0 aliphatic heterocycles. The Balaban J connectivity index is 2.24. The van der Waals surface area contributed by atoms with Gasteiger partial charge in [-0.2, -0.15) is 0 Å². The van der Waals surface area contributed by atoms with Gasteiger partial charge in [0.05, 0.1) is 5.54 Å². The van der Waals surface area contributed by atoms with Gasteiger partial charge in [0.25, 0.3) is 0 Å². The van der Waals surface area contributed by atoms with E-state index in [0.717, 1.165) is 11.7 Å². The third kappa shape index (κ3) is 2.23. The number of thiazole rings is 1. The van der Waals surface area contributed by atoms with E-state index in [1.807, 2.05) is 0 Å². The van der Waals surface area contributed by atoms with Gasteiger partial charge in [0.1, 0.15) is 5.01 Å². The first kappa shape index (κ1) is 11.1. The Morgan fingerprint density at radius 3 is 2.60 bits per heavy atom. The third-order valence-electron chi connectivity index (χ3n) is 3.30. The lowest BCUT2D eigenvalue weighted by Crippen LogP contribution is -2.45. The van der Waals surface area contributed by atoms with Crippen LogP contribution in [0.2, 0.25) is 0 Å². The number of aromatic nitrogens is 1. The van der Waals surface area contributed by atoms with E-state index in [4.69, 9.17) is 0 Å². The van der Waals surface area contributed by atoms with Crippen molar-refractivity contribution in [2.75, 3.05) is 0 Å². The molecule has 0 bridgehead atoms. The summed E-state index contributed by atoms with van der Waals surface area (Å²) in [5.74, 6) is 0.573. The fraction of sp³-hybridized carbons (Fsp3) is 0.750. The monoisotopic (exact) mass is 224 g/mol. The Kier molecular flexibility index (Phi) is 2.86. The average molecular weight is 224 g/mol. The highest BCUT2D eigenvalue weighted by molar-refractivity contribution is 7.09. The minimum absolute atomic E-state index is 0.0556. The first-order valence-corrected chi connectivity index (χ1v) is 6.60. The van der Waals surface area contributed by atoms with Gasteiger partial charge in [-0.25, -0.2) is 4.98 Å². The Labute approximate surface area is 96.1 Å². The second-order valence-corrected chi connectivity index (χ2v) is 5.93. The molecule has 2 nitrogen and oxygen atoms in total. The van der Waals surface area contributed by atoms with E-state index in [0.29, 0.717) is 5.92 Å². The smallest absolute Gasteiger partial charge is 0.113 e. The maximum Gasteiger partial charge on any atom is 0.113 e. The topological polar surface area (TPSA) is 24.9 Å². The number of nitrogens with zero attached hydrogens (tertiary/aromatic N) is 1. The van der Waals surface area contributed by atoms with Crippen LogP contribution in [0.5, 0.6) is 0 Å². The summed E-state index contributed by atoms with van der Waals surface area (Å²) in [6.45, 7) is 8.89. The molecule has 1 saturated carbocycles. The standard InChI is InChI=1S/C12H20N2S/c1-8(2)12(4,14-10-5-6-10)11-13-9(3)7-15-11/h7-8,10,14H,5-6H2,1-4H3. The highest BCUT2D eigenvalue weighted by Gasteiger charge is 2.38. The van der Waals surface area contributed by atoms with Crippen LogP contribution in [0, 0.1) is 12.8 Å². The van der Waals surface area contributed by atoms with Crippen molar-refractivity contribution in [3.63, 3.8) is 0 Å². The van der Waals surface area contributed by atoms with E-state index in [1.165, 1.54) is 17.8 Å². The molecule has 1 unspecified atom stereocenters. The van der Waals surface area contributed by atoms with Crippen LogP contribution < -0.4 is 5.32 Å². The zero-order valence-corrected chi connectivity index (χ0v) is 10.8. The molecule has 0 radical (unpaired) electrons. The van der Waals surface area contributed by atoms with Crippen molar-refractivity contribution in [3.05, 3.63) is 16.1 Å². The largest absolute Gasteiger partial charge is 0.303 e. The summed E-state index contributed by atoms with van der Waals surface area (Å²) in [6, 6.07) is 0.724. The van der Waals surface area contributed by atoms with Crippen LogP contribution >= 0.6 is 11.3 Å². The van der Waals surface area contributed by atoms with Crippen molar-refractivity contribution < 1.29 is 0 Å². The summed E-state index contributed by atoms with van der Waals surface area (Å²) < 4.78 is 0. The second kappa shape index (κ2) is 3.87.